The third-order valence-electron chi connectivity index (χ3n) is 7.03. The molecule has 1 saturated carbocycles. The fourth-order valence-corrected chi connectivity index (χ4v) is 5.41. The molecule has 1 amide bonds. The monoisotopic (exact) mass is 371 g/mol. The fraction of sp³-hybridized carbons (Fsp3) is 0.708. The van der Waals surface area contributed by atoms with Gasteiger partial charge in [-0.3, -0.25) is 4.79 Å². The maximum absolute atomic E-state index is 12.9. The van der Waals surface area contributed by atoms with E-state index in [2.05, 4.69) is 26.0 Å². The van der Waals surface area contributed by atoms with Crippen LogP contribution in [0.2, 0.25) is 0 Å². The lowest BCUT2D eigenvalue weighted by Gasteiger charge is -2.43. The zero-order valence-electron chi connectivity index (χ0n) is 17.2. The lowest BCUT2D eigenvalue weighted by atomic mass is 9.74. The van der Waals surface area contributed by atoms with Crippen molar-refractivity contribution in [2.24, 2.45) is 11.8 Å². The van der Waals surface area contributed by atoms with Crippen LogP contribution in [0.25, 0.3) is 0 Å². The van der Waals surface area contributed by atoms with Crippen LogP contribution in [0, 0.1) is 11.8 Å². The molecule has 1 saturated heterocycles. The Kier molecular flexibility index (Phi) is 6.97. The van der Waals surface area contributed by atoms with Crippen molar-refractivity contribution in [1.82, 2.24) is 4.90 Å². The van der Waals surface area contributed by atoms with Crippen molar-refractivity contribution in [3.8, 4) is 0 Å². The molecule has 0 spiro atoms. The van der Waals surface area contributed by atoms with Gasteiger partial charge in [0.2, 0.25) is 5.91 Å². The highest BCUT2D eigenvalue weighted by molar-refractivity contribution is 5.78. The third-order valence-corrected chi connectivity index (χ3v) is 7.03. The first kappa shape index (κ1) is 20.4. The quantitative estimate of drug-likeness (QED) is 0.752. The molecule has 27 heavy (non-hydrogen) atoms. The summed E-state index contributed by atoms with van der Waals surface area (Å²) >= 11 is 0. The van der Waals surface area contributed by atoms with Crippen LogP contribution in [0.1, 0.15) is 83.1 Å². The molecule has 1 heterocycles. The van der Waals surface area contributed by atoms with Gasteiger partial charge in [0, 0.05) is 24.9 Å². The Labute approximate surface area is 165 Å². The Morgan fingerprint density at radius 3 is 2.37 bits per heavy atom. The van der Waals surface area contributed by atoms with Crippen LogP contribution in [0.4, 0.5) is 0 Å². The van der Waals surface area contributed by atoms with Crippen molar-refractivity contribution in [1.29, 1.82) is 0 Å². The summed E-state index contributed by atoms with van der Waals surface area (Å²) in [6.45, 7) is 5.64. The first-order chi connectivity index (χ1) is 13.0. The van der Waals surface area contributed by atoms with E-state index in [4.69, 9.17) is 0 Å². The lowest BCUT2D eigenvalue weighted by molar-refractivity contribution is -0.140. The summed E-state index contributed by atoms with van der Waals surface area (Å²) in [6.07, 6.45) is 9.96. The Hall–Kier alpha value is -1.35. The lowest BCUT2D eigenvalue weighted by Crippen LogP contribution is -2.50. The van der Waals surface area contributed by atoms with Gasteiger partial charge in [0.15, 0.2) is 0 Å². The first-order valence-corrected chi connectivity index (χ1v) is 11.1. The second-order valence-corrected chi connectivity index (χ2v) is 8.94. The SMILES string of the molecule is CC[C@H](c1ccccc1)C1(O)CCN(C(=O)[C@H](C)CC2CCCCC2)CC1. The van der Waals surface area contributed by atoms with Crippen molar-refractivity contribution >= 4 is 5.91 Å². The van der Waals surface area contributed by atoms with E-state index >= 15 is 0 Å². The average Bonchev–Trinajstić information content (AvgIpc) is 2.70. The summed E-state index contributed by atoms with van der Waals surface area (Å²) < 4.78 is 0. The Morgan fingerprint density at radius 2 is 1.78 bits per heavy atom. The number of rotatable bonds is 6. The molecule has 0 unspecified atom stereocenters. The molecule has 2 atom stereocenters. The van der Waals surface area contributed by atoms with Gasteiger partial charge in [0.1, 0.15) is 0 Å². The standard InChI is InChI=1S/C24H37NO2/c1-3-22(21-12-8-5-9-13-21)24(27)14-16-25(17-15-24)23(26)19(2)18-20-10-6-4-7-11-20/h5,8-9,12-13,19-20,22,27H,3-4,6-7,10-11,14-18H2,1-2H3/t19-,22-/m1/s1. The zero-order chi connectivity index (χ0) is 19.3. The number of amides is 1. The van der Waals surface area contributed by atoms with E-state index in [1.165, 1.54) is 37.7 Å². The van der Waals surface area contributed by atoms with Gasteiger partial charge in [0.05, 0.1) is 5.60 Å². The van der Waals surface area contributed by atoms with Crippen LogP contribution in [0.15, 0.2) is 30.3 Å². The largest absolute Gasteiger partial charge is 0.389 e. The molecule has 1 aromatic carbocycles. The summed E-state index contributed by atoms with van der Waals surface area (Å²) in [5, 5.41) is 11.3. The highest BCUT2D eigenvalue weighted by Gasteiger charge is 2.41. The Bertz CT molecular complexity index is 586. The van der Waals surface area contributed by atoms with Crippen LogP contribution >= 0.6 is 0 Å². The molecule has 1 aromatic rings. The second-order valence-electron chi connectivity index (χ2n) is 8.94. The smallest absolute Gasteiger partial charge is 0.225 e. The summed E-state index contributed by atoms with van der Waals surface area (Å²) in [7, 11) is 0. The van der Waals surface area contributed by atoms with Crippen LogP contribution in [-0.2, 0) is 4.79 Å². The molecule has 150 valence electrons. The highest BCUT2D eigenvalue weighted by Crippen LogP contribution is 2.39. The molecule has 1 aliphatic heterocycles. The predicted molar refractivity (Wildman–Crippen MR) is 111 cm³/mol. The molecule has 3 nitrogen and oxygen atoms in total. The molecular weight excluding hydrogens is 334 g/mol. The molecule has 1 N–H and O–H groups in total. The minimum Gasteiger partial charge on any atom is -0.389 e. The number of aliphatic hydroxyl groups is 1. The van der Waals surface area contributed by atoms with Gasteiger partial charge < -0.3 is 10.0 Å². The van der Waals surface area contributed by atoms with E-state index in [0.717, 1.165) is 18.8 Å². The number of likely N-dealkylation sites (tertiary alicyclic amines) is 1. The molecule has 2 aliphatic rings. The van der Waals surface area contributed by atoms with Crippen molar-refractivity contribution in [3.63, 3.8) is 0 Å². The Balaban J connectivity index is 1.56. The fourth-order valence-electron chi connectivity index (χ4n) is 5.41. The van der Waals surface area contributed by atoms with E-state index in [9.17, 15) is 9.90 Å². The normalized spacial score (nSPS) is 23.0. The van der Waals surface area contributed by atoms with E-state index in [1.54, 1.807) is 0 Å². The van der Waals surface area contributed by atoms with Crippen LogP contribution in [0.3, 0.4) is 0 Å². The van der Waals surface area contributed by atoms with Crippen LogP contribution in [0.5, 0.6) is 0 Å². The van der Waals surface area contributed by atoms with Crippen molar-refractivity contribution in [2.45, 2.75) is 83.2 Å². The van der Waals surface area contributed by atoms with Gasteiger partial charge in [0.25, 0.3) is 0 Å². The number of benzene rings is 1. The number of hydrogen-bond acceptors (Lipinski definition) is 2. The number of carbonyl (C=O) groups excluding carboxylic acids is 1. The molecule has 2 fully saturated rings. The second kappa shape index (κ2) is 9.23. The maximum atomic E-state index is 12.9. The maximum Gasteiger partial charge on any atom is 0.225 e. The van der Waals surface area contributed by atoms with Crippen molar-refractivity contribution in [2.75, 3.05) is 13.1 Å². The van der Waals surface area contributed by atoms with Crippen LogP contribution in [-0.4, -0.2) is 34.6 Å². The average molecular weight is 372 g/mol. The predicted octanol–water partition coefficient (Wildman–Crippen LogP) is 5.14. The van der Waals surface area contributed by atoms with E-state index in [0.29, 0.717) is 31.8 Å². The number of hydrogen-bond donors (Lipinski definition) is 1. The molecular formula is C24H37NO2. The molecule has 1 aliphatic carbocycles. The van der Waals surface area contributed by atoms with E-state index in [1.807, 2.05) is 23.1 Å². The minimum absolute atomic E-state index is 0.121. The molecule has 0 aromatic heterocycles. The van der Waals surface area contributed by atoms with Gasteiger partial charge in [-0.05, 0) is 37.2 Å². The van der Waals surface area contributed by atoms with Gasteiger partial charge >= 0.3 is 0 Å². The molecule has 0 bridgehead atoms. The Morgan fingerprint density at radius 1 is 1.15 bits per heavy atom. The number of piperidine rings is 1. The van der Waals surface area contributed by atoms with Crippen LogP contribution < -0.4 is 0 Å². The number of nitrogens with zero attached hydrogens (tertiary/aromatic N) is 1. The van der Waals surface area contributed by atoms with Gasteiger partial charge in [-0.15, -0.1) is 0 Å². The summed E-state index contributed by atoms with van der Waals surface area (Å²) in [5.74, 6) is 1.31. The topological polar surface area (TPSA) is 40.5 Å². The van der Waals surface area contributed by atoms with Gasteiger partial charge in [-0.25, -0.2) is 0 Å². The third kappa shape index (κ3) is 4.93. The molecule has 0 radical (unpaired) electrons. The minimum atomic E-state index is -0.695. The van der Waals surface area contributed by atoms with Crippen molar-refractivity contribution in [3.05, 3.63) is 35.9 Å². The molecule has 3 heteroatoms. The summed E-state index contributed by atoms with van der Waals surface area (Å²) in [6, 6.07) is 10.4. The van der Waals surface area contributed by atoms with Crippen molar-refractivity contribution < 1.29 is 9.90 Å². The zero-order valence-corrected chi connectivity index (χ0v) is 17.2. The summed E-state index contributed by atoms with van der Waals surface area (Å²) in [5.41, 5.74) is 0.521. The summed E-state index contributed by atoms with van der Waals surface area (Å²) in [4.78, 5) is 15.0. The van der Waals surface area contributed by atoms with E-state index < -0.39 is 5.60 Å². The number of carbonyl (C=O) groups is 1. The van der Waals surface area contributed by atoms with Gasteiger partial charge in [-0.1, -0.05) is 76.3 Å². The van der Waals surface area contributed by atoms with E-state index in [-0.39, 0.29) is 11.8 Å². The van der Waals surface area contributed by atoms with Gasteiger partial charge in [-0.2, -0.15) is 0 Å². The first-order valence-electron chi connectivity index (χ1n) is 11.1. The highest BCUT2D eigenvalue weighted by atomic mass is 16.3. The molecule has 3 rings (SSSR count).